The number of amides is 1. The van der Waals surface area contributed by atoms with Crippen molar-refractivity contribution in [1.29, 1.82) is 0 Å². The highest BCUT2D eigenvalue weighted by Gasteiger charge is 2.17. The highest BCUT2D eigenvalue weighted by atomic mass is 16.5. The van der Waals surface area contributed by atoms with Crippen molar-refractivity contribution < 1.29 is 14.3 Å². The van der Waals surface area contributed by atoms with E-state index in [4.69, 9.17) is 9.47 Å². The topological polar surface area (TPSA) is 50.8 Å². The van der Waals surface area contributed by atoms with Crippen LogP contribution in [0.1, 0.15) is 20.3 Å². The van der Waals surface area contributed by atoms with Gasteiger partial charge in [-0.15, -0.1) is 0 Å². The zero-order valence-corrected chi connectivity index (χ0v) is 11.5. The fourth-order valence-electron chi connectivity index (χ4n) is 1.47. The molecule has 0 aliphatic carbocycles. The van der Waals surface area contributed by atoms with E-state index in [0.29, 0.717) is 32.8 Å². The summed E-state index contributed by atoms with van der Waals surface area (Å²) in [4.78, 5) is 13.8. The van der Waals surface area contributed by atoms with Crippen LogP contribution in [-0.2, 0) is 14.3 Å². The van der Waals surface area contributed by atoms with Crippen molar-refractivity contribution in [1.82, 2.24) is 10.2 Å². The van der Waals surface area contributed by atoms with Gasteiger partial charge in [-0.3, -0.25) is 4.79 Å². The van der Waals surface area contributed by atoms with Gasteiger partial charge < -0.3 is 19.7 Å². The molecular weight excluding hydrogens is 220 g/mol. The van der Waals surface area contributed by atoms with E-state index in [9.17, 15) is 4.79 Å². The second kappa shape index (κ2) is 10.5. The zero-order chi connectivity index (χ0) is 13.1. The first-order chi connectivity index (χ1) is 8.17. The molecule has 0 radical (unpaired) electrons. The van der Waals surface area contributed by atoms with Crippen LogP contribution < -0.4 is 5.32 Å². The molecule has 0 spiro atoms. The van der Waals surface area contributed by atoms with Crippen molar-refractivity contribution in [2.45, 2.75) is 26.3 Å². The number of hydrogen-bond acceptors (Lipinski definition) is 4. The summed E-state index contributed by atoms with van der Waals surface area (Å²) in [7, 11) is 3.30. The summed E-state index contributed by atoms with van der Waals surface area (Å²) in [5.74, 6) is 0.118. The predicted octanol–water partition coefficient (Wildman–Crippen LogP) is 0.496. The molecule has 0 aromatic heterocycles. The van der Waals surface area contributed by atoms with E-state index in [-0.39, 0.29) is 11.9 Å². The van der Waals surface area contributed by atoms with Gasteiger partial charge in [-0.1, -0.05) is 6.92 Å². The Bertz CT molecular complexity index is 200. The molecule has 0 bridgehead atoms. The maximum Gasteiger partial charge on any atom is 0.236 e. The largest absolute Gasteiger partial charge is 0.383 e. The minimum Gasteiger partial charge on any atom is -0.383 e. The molecule has 1 unspecified atom stereocenters. The quantitative estimate of drug-likeness (QED) is 0.570. The second-order valence-electron chi connectivity index (χ2n) is 4.01. The fraction of sp³-hybridized carbons (Fsp3) is 0.917. The Labute approximate surface area is 104 Å². The SMILES string of the molecule is CCC(C)N(CCOC)C(=O)CNCCOC. The molecule has 0 heterocycles. The summed E-state index contributed by atoms with van der Waals surface area (Å²) in [6.07, 6.45) is 0.952. The lowest BCUT2D eigenvalue weighted by Crippen LogP contribution is -2.45. The Kier molecular flexibility index (Phi) is 10.1. The van der Waals surface area contributed by atoms with Gasteiger partial charge >= 0.3 is 0 Å². The molecule has 0 rings (SSSR count). The van der Waals surface area contributed by atoms with Gasteiger partial charge in [0.15, 0.2) is 0 Å². The first-order valence-electron chi connectivity index (χ1n) is 6.15. The van der Waals surface area contributed by atoms with Gasteiger partial charge in [0.1, 0.15) is 0 Å². The Balaban J connectivity index is 4.03. The molecule has 0 aliphatic heterocycles. The summed E-state index contributed by atoms with van der Waals surface area (Å²) < 4.78 is 9.94. The monoisotopic (exact) mass is 246 g/mol. The fourth-order valence-corrected chi connectivity index (χ4v) is 1.47. The Hall–Kier alpha value is -0.650. The number of methoxy groups -OCH3 is 2. The van der Waals surface area contributed by atoms with Gasteiger partial charge in [-0.2, -0.15) is 0 Å². The zero-order valence-electron chi connectivity index (χ0n) is 11.5. The van der Waals surface area contributed by atoms with Crippen LogP contribution in [0.4, 0.5) is 0 Å². The number of nitrogens with one attached hydrogen (secondary N) is 1. The predicted molar refractivity (Wildman–Crippen MR) is 68.1 cm³/mol. The third-order valence-electron chi connectivity index (χ3n) is 2.74. The van der Waals surface area contributed by atoms with Gasteiger partial charge in [-0.25, -0.2) is 0 Å². The molecular formula is C12H26N2O3. The van der Waals surface area contributed by atoms with E-state index in [1.165, 1.54) is 0 Å². The molecule has 0 fully saturated rings. The van der Waals surface area contributed by atoms with Gasteiger partial charge in [0.05, 0.1) is 19.8 Å². The Morgan fingerprint density at radius 2 is 1.94 bits per heavy atom. The molecule has 0 saturated heterocycles. The first kappa shape index (κ1) is 16.4. The molecule has 102 valence electrons. The molecule has 0 aromatic carbocycles. The van der Waals surface area contributed by atoms with Crippen LogP contribution in [0.3, 0.4) is 0 Å². The van der Waals surface area contributed by atoms with Crippen molar-refractivity contribution in [2.75, 3.05) is 47.1 Å². The van der Waals surface area contributed by atoms with Crippen LogP contribution in [0.15, 0.2) is 0 Å². The Morgan fingerprint density at radius 3 is 2.47 bits per heavy atom. The number of carbonyl (C=O) groups excluding carboxylic acids is 1. The molecule has 0 aromatic rings. The van der Waals surface area contributed by atoms with Crippen molar-refractivity contribution in [3.05, 3.63) is 0 Å². The average molecular weight is 246 g/mol. The van der Waals surface area contributed by atoms with Crippen LogP contribution in [0.25, 0.3) is 0 Å². The molecule has 1 N–H and O–H groups in total. The van der Waals surface area contributed by atoms with Crippen LogP contribution in [-0.4, -0.2) is 63.9 Å². The summed E-state index contributed by atoms with van der Waals surface area (Å²) in [5, 5.41) is 3.06. The van der Waals surface area contributed by atoms with Gasteiger partial charge in [-0.05, 0) is 13.3 Å². The lowest BCUT2D eigenvalue weighted by atomic mass is 10.2. The molecule has 5 heteroatoms. The smallest absolute Gasteiger partial charge is 0.236 e. The molecule has 0 saturated carbocycles. The minimum atomic E-state index is 0.118. The van der Waals surface area contributed by atoms with Gasteiger partial charge in [0, 0.05) is 33.4 Å². The van der Waals surface area contributed by atoms with Crippen molar-refractivity contribution in [3.8, 4) is 0 Å². The molecule has 1 amide bonds. The van der Waals surface area contributed by atoms with Crippen LogP contribution in [0, 0.1) is 0 Å². The number of rotatable bonds is 10. The highest BCUT2D eigenvalue weighted by Crippen LogP contribution is 2.03. The van der Waals surface area contributed by atoms with E-state index >= 15 is 0 Å². The molecule has 5 nitrogen and oxygen atoms in total. The number of carbonyl (C=O) groups is 1. The van der Waals surface area contributed by atoms with Crippen LogP contribution in [0.2, 0.25) is 0 Å². The van der Waals surface area contributed by atoms with E-state index in [2.05, 4.69) is 19.2 Å². The van der Waals surface area contributed by atoms with E-state index < -0.39 is 0 Å². The van der Waals surface area contributed by atoms with E-state index in [1.807, 2.05) is 4.90 Å². The number of nitrogens with zero attached hydrogens (tertiary/aromatic N) is 1. The lowest BCUT2D eigenvalue weighted by Gasteiger charge is -2.28. The minimum absolute atomic E-state index is 0.118. The van der Waals surface area contributed by atoms with E-state index in [0.717, 1.165) is 6.42 Å². The van der Waals surface area contributed by atoms with E-state index in [1.54, 1.807) is 14.2 Å². The standard InChI is InChI=1S/C12H26N2O3/c1-5-11(2)14(7-9-17-4)12(15)10-13-6-8-16-3/h11,13H,5-10H2,1-4H3. The summed E-state index contributed by atoms with van der Waals surface area (Å²) in [6.45, 7) is 7.04. The number of ether oxygens (including phenoxy) is 2. The van der Waals surface area contributed by atoms with Crippen LogP contribution in [0.5, 0.6) is 0 Å². The van der Waals surface area contributed by atoms with Gasteiger partial charge in [0.25, 0.3) is 0 Å². The molecule has 0 aliphatic rings. The lowest BCUT2D eigenvalue weighted by molar-refractivity contribution is -0.133. The van der Waals surface area contributed by atoms with Crippen molar-refractivity contribution in [2.24, 2.45) is 0 Å². The summed E-state index contributed by atoms with van der Waals surface area (Å²) >= 11 is 0. The van der Waals surface area contributed by atoms with Crippen molar-refractivity contribution in [3.63, 3.8) is 0 Å². The molecule has 17 heavy (non-hydrogen) atoms. The second-order valence-corrected chi connectivity index (χ2v) is 4.01. The first-order valence-corrected chi connectivity index (χ1v) is 6.15. The third-order valence-corrected chi connectivity index (χ3v) is 2.74. The normalized spacial score (nSPS) is 12.5. The maximum absolute atomic E-state index is 12.0. The van der Waals surface area contributed by atoms with Crippen LogP contribution >= 0.6 is 0 Å². The summed E-state index contributed by atoms with van der Waals surface area (Å²) in [5.41, 5.74) is 0. The summed E-state index contributed by atoms with van der Waals surface area (Å²) in [6, 6.07) is 0.252. The Morgan fingerprint density at radius 1 is 1.29 bits per heavy atom. The highest BCUT2D eigenvalue weighted by molar-refractivity contribution is 5.78. The van der Waals surface area contributed by atoms with Crippen molar-refractivity contribution >= 4 is 5.91 Å². The maximum atomic E-state index is 12.0. The van der Waals surface area contributed by atoms with Gasteiger partial charge in [0.2, 0.25) is 5.91 Å². The third kappa shape index (κ3) is 7.31. The number of hydrogen-bond donors (Lipinski definition) is 1. The average Bonchev–Trinajstić information content (AvgIpc) is 2.34. The molecule has 1 atom stereocenters.